The van der Waals surface area contributed by atoms with Crippen molar-refractivity contribution in [2.75, 3.05) is 13.1 Å². The van der Waals surface area contributed by atoms with Gasteiger partial charge in [0.1, 0.15) is 5.84 Å². The van der Waals surface area contributed by atoms with E-state index in [1.54, 1.807) is 30.3 Å². The van der Waals surface area contributed by atoms with E-state index in [-0.39, 0.29) is 29.6 Å². The fourth-order valence-corrected chi connectivity index (χ4v) is 3.37. The lowest BCUT2D eigenvalue weighted by Crippen LogP contribution is -2.36. The number of hydrogen-bond donors (Lipinski definition) is 2. The second-order valence-electron chi connectivity index (χ2n) is 4.91. The Morgan fingerprint density at radius 1 is 1.35 bits per heavy atom. The zero-order chi connectivity index (χ0) is 15.2. The molecule has 7 heteroatoms. The van der Waals surface area contributed by atoms with Gasteiger partial charge in [0.25, 0.3) is 0 Å². The van der Waals surface area contributed by atoms with Crippen molar-refractivity contribution in [3.8, 4) is 0 Å². The fourth-order valence-electron chi connectivity index (χ4n) is 1.75. The Morgan fingerprint density at radius 2 is 1.95 bits per heavy atom. The molecule has 1 aromatic rings. The van der Waals surface area contributed by atoms with E-state index in [2.05, 4.69) is 5.16 Å². The van der Waals surface area contributed by atoms with E-state index in [1.807, 2.05) is 13.8 Å². The predicted molar refractivity (Wildman–Crippen MR) is 78.1 cm³/mol. The number of sulfonamides is 1. The van der Waals surface area contributed by atoms with Crippen molar-refractivity contribution in [1.29, 1.82) is 0 Å². The Morgan fingerprint density at radius 3 is 2.45 bits per heavy atom. The lowest BCUT2D eigenvalue weighted by atomic mass is 10.2. The van der Waals surface area contributed by atoms with Gasteiger partial charge in [-0.3, -0.25) is 0 Å². The van der Waals surface area contributed by atoms with Gasteiger partial charge in [-0.05, 0) is 18.1 Å². The van der Waals surface area contributed by atoms with Crippen LogP contribution < -0.4 is 5.73 Å². The number of nitrogens with two attached hydrogens (primary N) is 1. The average molecular weight is 299 g/mol. The van der Waals surface area contributed by atoms with E-state index < -0.39 is 10.0 Å². The van der Waals surface area contributed by atoms with Gasteiger partial charge < -0.3 is 10.9 Å². The van der Waals surface area contributed by atoms with Crippen LogP contribution in [-0.2, 0) is 10.0 Å². The van der Waals surface area contributed by atoms with Gasteiger partial charge in [-0.2, -0.15) is 4.31 Å². The summed E-state index contributed by atoms with van der Waals surface area (Å²) in [5.74, 6) is 0.197. The van der Waals surface area contributed by atoms with Crippen LogP contribution in [0.2, 0.25) is 0 Å². The molecular weight excluding hydrogens is 278 g/mol. The van der Waals surface area contributed by atoms with E-state index in [1.165, 1.54) is 4.31 Å². The van der Waals surface area contributed by atoms with Crippen LogP contribution in [0.4, 0.5) is 0 Å². The minimum Gasteiger partial charge on any atom is -0.409 e. The zero-order valence-electron chi connectivity index (χ0n) is 11.7. The quantitative estimate of drug-likeness (QED) is 0.345. The monoisotopic (exact) mass is 299 g/mol. The molecule has 0 aliphatic rings. The van der Waals surface area contributed by atoms with Crippen molar-refractivity contribution in [3.63, 3.8) is 0 Å². The summed E-state index contributed by atoms with van der Waals surface area (Å²) in [6.45, 7) is 4.45. The molecule has 1 aromatic carbocycles. The SMILES string of the molecule is CC(C)CN(CCC(N)=NO)S(=O)(=O)c1ccccc1. The van der Waals surface area contributed by atoms with Crippen molar-refractivity contribution < 1.29 is 13.6 Å². The van der Waals surface area contributed by atoms with E-state index in [0.717, 1.165) is 0 Å². The molecule has 0 saturated carbocycles. The summed E-state index contributed by atoms with van der Waals surface area (Å²) in [4.78, 5) is 0.250. The largest absolute Gasteiger partial charge is 0.409 e. The van der Waals surface area contributed by atoms with Crippen LogP contribution >= 0.6 is 0 Å². The molecule has 112 valence electrons. The van der Waals surface area contributed by atoms with Crippen LogP contribution in [-0.4, -0.2) is 36.9 Å². The molecule has 0 heterocycles. The smallest absolute Gasteiger partial charge is 0.243 e. The Kier molecular flexibility index (Phi) is 5.97. The summed E-state index contributed by atoms with van der Waals surface area (Å²) < 4.78 is 26.5. The average Bonchev–Trinajstić information content (AvgIpc) is 2.43. The summed E-state index contributed by atoms with van der Waals surface area (Å²) >= 11 is 0. The van der Waals surface area contributed by atoms with Crippen molar-refractivity contribution in [1.82, 2.24) is 4.31 Å². The lowest BCUT2D eigenvalue weighted by Gasteiger charge is -2.23. The van der Waals surface area contributed by atoms with E-state index in [0.29, 0.717) is 6.54 Å². The number of amidine groups is 1. The Bertz CT molecular complexity index is 541. The highest BCUT2D eigenvalue weighted by molar-refractivity contribution is 7.89. The molecule has 3 N–H and O–H groups in total. The lowest BCUT2D eigenvalue weighted by molar-refractivity contribution is 0.314. The van der Waals surface area contributed by atoms with Crippen molar-refractivity contribution in [2.24, 2.45) is 16.8 Å². The molecular formula is C13H21N3O3S. The first-order chi connectivity index (χ1) is 9.37. The molecule has 6 nitrogen and oxygen atoms in total. The molecule has 0 bridgehead atoms. The molecule has 20 heavy (non-hydrogen) atoms. The molecule has 0 saturated heterocycles. The molecule has 0 unspecified atom stereocenters. The number of hydrogen-bond acceptors (Lipinski definition) is 4. The van der Waals surface area contributed by atoms with Crippen LogP contribution in [0, 0.1) is 5.92 Å². The highest BCUT2D eigenvalue weighted by atomic mass is 32.2. The van der Waals surface area contributed by atoms with E-state index >= 15 is 0 Å². The summed E-state index contributed by atoms with van der Waals surface area (Å²) in [6, 6.07) is 8.26. The minimum atomic E-state index is -3.56. The van der Waals surface area contributed by atoms with Crippen LogP contribution in [0.5, 0.6) is 0 Å². The first kappa shape index (κ1) is 16.5. The van der Waals surface area contributed by atoms with Gasteiger partial charge in [-0.1, -0.05) is 37.2 Å². The van der Waals surface area contributed by atoms with Crippen molar-refractivity contribution in [2.45, 2.75) is 25.2 Å². The number of rotatable bonds is 7. The molecule has 0 fully saturated rings. The summed E-state index contributed by atoms with van der Waals surface area (Å²) in [5, 5.41) is 11.4. The van der Waals surface area contributed by atoms with E-state index in [4.69, 9.17) is 10.9 Å². The fraction of sp³-hybridized carbons (Fsp3) is 0.462. The maximum absolute atomic E-state index is 12.6. The van der Waals surface area contributed by atoms with Gasteiger partial charge in [0, 0.05) is 19.5 Å². The highest BCUT2D eigenvalue weighted by Crippen LogP contribution is 2.17. The van der Waals surface area contributed by atoms with Gasteiger partial charge in [0.2, 0.25) is 10.0 Å². The van der Waals surface area contributed by atoms with Crippen LogP contribution in [0.15, 0.2) is 40.4 Å². The number of nitrogens with zero attached hydrogens (tertiary/aromatic N) is 2. The minimum absolute atomic E-state index is 0.0158. The standard InChI is InChI=1S/C13H21N3O3S/c1-11(2)10-16(9-8-13(14)15-17)20(18,19)12-6-4-3-5-7-12/h3-7,11,17H,8-10H2,1-2H3,(H2,14,15). The third-order valence-corrected chi connectivity index (χ3v) is 4.57. The van der Waals surface area contributed by atoms with E-state index in [9.17, 15) is 8.42 Å². The van der Waals surface area contributed by atoms with Gasteiger partial charge in [-0.25, -0.2) is 8.42 Å². The van der Waals surface area contributed by atoms with Crippen LogP contribution in [0.3, 0.4) is 0 Å². The normalized spacial score (nSPS) is 13.1. The first-order valence-corrected chi connectivity index (χ1v) is 7.83. The maximum atomic E-state index is 12.6. The summed E-state index contributed by atoms with van der Waals surface area (Å²) in [6.07, 6.45) is 0.190. The summed E-state index contributed by atoms with van der Waals surface area (Å²) in [5.41, 5.74) is 5.41. The number of benzene rings is 1. The molecule has 0 aromatic heterocycles. The van der Waals surface area contributed by atoms with Crippen molar-refractivity contribution >= 4 is 15.9 Å². The van der Waals surface area contributed by atoms with Gasteiger partial charge in [0.15, 0.2) is 0 Å². The predicted octanol–water partition coefficient (Wildman–Crippen LogP) is 1.47. The van der Waals surface area contributed by atoms with Gasteiger partial charge in [0.05, 0.1) is 4.90 Å². The first-order valence-electron chi connectivity index (χ1n) is 6.39. The molecule has 1 rings (SSSR count). The Hall–Kier alpha value is -1.60. The molecule has 0 amide bonds. The maximum Gasteiger partial charge on any atom is 0.243 e. The third-order valence-electron chi connectivity index (χ3n) is 2.70. The zero-order valence-corrected chi connectivity index (χ0v) is 12.5. The second kappa shape index (κ2) is 7.25. The third kappa shape index (κ3) is 4.50. The Labute approximate surface area is 119 Å². The molecule has 0 spiro atoms. The molecule has 0 aliphatic carbocycles. The van der Waals surface area contributed by atoms with Gasteiger partial charge >= 0.3 is 0 Å². The molecule has 0 atom stereocenters. The highest BCUT2D eigenvalue weighted by Gasteiger charge is 2.24. The number of oxime groups is 1. The van der Waals surface area contributed by atoms with Crippen LogP contribution in [0.1, 0.15) is 20.3 Å². The van der Waals surface area contributed by atoms with Crippen LogP contribution in [0.25, 0.3) is 0 Å². The topological polar surface area (TPSA) is 96.0 Å². The second-order valence-corrected chi connectivity index (χ2v) is 6.85. The molecule has 0 aliphatic heterocycles. The summed E-state index contributed by atoms with van der Waals surface area (Å²) in [7, 11) is -3.56. The molecule has 0 radical (unpaired) electrons. The van der Waals surface area contributed by atoms with Gasteiger partial charge in [-0.15, -0.1) is 0 Å². The Balaban J connectivity index is 2.97. The van der Waals surface area contributed by atoms with Crippen molar-refractivity contribution in [3.05, 3.63) is 30.3 Å².